The molecule has 48 heavy (non-hydrogen) atoms. The quantitative estimate of drug-likeness (QED) is 0.184. The Morgan fingerprint density at radius 3 is 2.02 bits per heavy atom. The molecule has 0 saturated carbocycles. The van der Waals surface area contributed by atoms with E-state index < -0.39 is 24.1 Å². The molecule has 1 aliphatic heterocycles. The van der Waals surface area contributed by atoms with Crippen LogP contribution in [0.2, 0.25) is 0 Å². The number of carbonyl (C=O) groups excluding carboxylic acids is 2. The highest BCUT2D eigenvalue weighted by Crippen LogP contribution is 2.32. The van der Waals surface area contributed by atoms with Gasteiger partial charge in [0.15, 0.2) is 6.29 Å². The Morgan fingerprint density at radius 1 is 0.771 bits per heavy atom. The van der Waals surface area contributed by atoms with Crippen molar-refractivity contribution < 1.29 is 32.2 Å². The number of hydrogen-bond acceptors (Lipinski definition) is 6. The number of methoxy groups -OCH3 is 2. The second kappa shape index (κ2) is 15.9. The van der Waals surface area contributed by atoms with Crippen LogP contribution in [0.25, 0.3) is 11.1 Å². The molecule has 252 valence electrons. The number of anilines is 1. The maximum atomic E-state index is 13.4. The largest absolute Gasteiger partial charge is 0.416 e. The second-order valence-corrected chi connectivity index (χ2v) is 11.5. The summed E-state index contributed by atoms with van der Waals surface area (Å²) in [5.74, 6) is -0.426. The van der Waals surface area contributed by atoms with E-state index >= 15 is 0 Å². The van der Waals surface area contributed by atoms with E-state index in [1.807, 2.05) is 54.6 Å². The van der Waals surface area contributed by atoms with Crippen LogP contribution >= 0.6 is 0 Å². The van der Waals surface area contributed by atoms with Crippen molar-refractivity contribution >= 4 is 17.5 Å². The molecule has 2 N–H and O–H groups in total. The number of benzene rings is 4. The van der Waals surface area contributed by atoms with Gasteiger partial charge in [-0.1, -0.05) is 72.8 Å². The van der Waals surface area contributed by atoms with Crippen LogP contribution in [0.4, 0.5) is 18.9 Å². The van der Waals surface area contributed by atoms with Gasteiger partial charge in [0.1, 0.15) is 6.04 Å². The van der Waals surface area contributed by atoms with Crippen LogP contribution in [0.5, 0.6) is 0 Å². The highest BCUT2D eigenvalue weighted by Gasteiger charge is 2.31. The first kappa shape index (κ1) is 34.6. The van der Waals surface area contributed by atoms with E-state index in [0.29, 0.717) is 29.8 Å². The van der Waals surface area contributed by atoms with E-state index in [2.05, 4.69) is 20.4 Å². The zero-order valence-corrected chi connectivity index (χ0v) is 26.9. The Labute approximate surface area is 278 Å². The number of ether oxygens (including phenoxy) is 2. The molecule has 1 unspecified atom stereocenters. The Hall–Kier alpha value is -4.71. The molecule has 1 aliphatic rings. The summed E-state index contributed by atoms with van der Waals surface area (Å²) in [7, 11) is 3.07. The molecule has 8 nitrogen and oxygen atoms in total. The van der Waals surface area contributed by atoms with Gasteiger partial charge in [-0.25, -0.2) is 0 Å². The first-order valence-corrected chi connectivity index (χ1v) is 15.7. The van der Waals surface area contributed by atoms with Gasteiger partial charge in [0, 0.05) is 58.2 Å². The molecule has 0 bridgehead atoms. The summed E-state index contributed by atoms with van der Waals surface area (Å²) in [5.41, 5.74) is 3.59. The van der Waals surface area contributed by atoms with Gasteiger partial charge < -0.3 is 25.0 Å². The summed E-state index contributed by atoms with van der Waals surface area (Å²) < 4.78 is 49.5. The fourth-order valence-electron chi connectivity index (χ4n) is 5.82. The van der Waals surface area contributed by atoms with Crippen molar-refractivity contribution in [1.82, 2.24) is 15.5 Å². The van der Waals surface area contributed by atoms with Gasteiger partial charge in [-0.2, -0.15) is 13.2 Å². The molecule has 0 aliphatic carbocycles. The van der Waals surface area contributed by atoms with Gasteiger partial charge in [0.25, 0.3) is 5.91 Å². The summed E-state index contributed by atoms with van der Waals surface area (Å²) in [6, 6.07) is 28.9. The molecule has 1 fully saturated rings. The highest BCUT2D eigenvalue weighted by molar-refractivity contribution is 6.00. The lowest BCUT2D eigenvalue weighted by atomic mass is 9.98. The third kappa shape index (κ3) is 8.60. The van der Waals surface area contributed by atoms with Crippen LogP contribution in [0.15, 0.2) is 103 Å². The Balaban J connectivity index is 1.18. The number of halogens is 3. The first-order valence-electron chi connectivity index (χ1n) is 15.7. The van der Waals surface area contributed by atoms with Crippen LogP contribution in [0.3, 0.4) is 0 Å². The third-order valence-electron chi connectivity index (χ3n) is 8.46. The Kier molecular flexibility index (Phi) is 11.5. The minimum absolute atomic E-state index is 0.109. The van der Waals surface area contributed by atoms with E-state index in [-0.39, 0.29) is 24.9 Å². The highest BCUT2D eigenvalue weighted by atomic mass is 19.4. The molecule has 0 aromatic heterocycles. The van der Waals surface area contributed by atoms with Crippen molar-refractivity contribution in [2.75, 3.05) is 51.8 Å². The minimum Gasteiger partial charge on any atom is -0.369 e. The summed E-state index contributed by atoms with van der Waals surface area (Å²) in [6.07, 6.45) is -4.95. The fraction of sp³-hybridized carbons (Fsp3) is 0.297. The van der Waals surface area contributed by atoms with Crippen molar-refractivity contribution in [3.63, 3.8) is 0 Å². The molecule has 0 spiro atoms. The molecule has 11 heteroatoms. The standard InChI is InChI=1S/C37H39F3N4O4/c1-47-33(48-2)25-42-36(46)34(28-8-4-3-5-9-28)44-22-20-43(21-23-44)30-18-12-26(13-19-30)24-41-35(45)32-11-7-6-10-31(32)27-14-16-29(17-15-27)37(38,39)40/h3-19,33-34H,20-25H2,1-2H3,(H,41,45)(H,42,46). The Bertz CT molecular complexity index is 1640. The van der Waals surface area contributed by atoms with E-state index in [9.17, 15) is 22.8 Å². The zero-order valence-electron chi connectivity index (χ0n) is 26.9. The molecular weight excluding hydrogens is 621 g/mol. The molecule has 1 heterocycles. The van der Waals surface area contributed by atoms with Crippen LogP contribution in [-0.4, -0.2) is 69.9 Å². The molecule has 1 atom stereocenters. The summed E-state index contributed by atoms with van der Waals surface area (Å²) in [4.78, 5) is 31.0. The summed E-state index contributed by atoms with van der Waals surface area (Å²) in [6.45, 7) is 3.35. The monoisotopic (exact) mass is 660 g/mol. The number of nitrogens with zero attached hydrogens (tertiary/aromatic N) is 2. The molecule has 4 aromatic rings. The summed E-state index contributed by atoms with van der Waals surface area (Å²) in [5, 5.41) is 5.90. The van der Waals surface area contributed by atoms with Crippen LogP contribution < -0.4 is 15.5 Å². The SMILES string of the molecule is COC(CNC(=O)C(c1ccccc1)N1CCN(c2ccc(CNC(=O)c3ccccc3-c3ccc(C(F)(F)F)cc3)cc2)CC1)OC. The van der Waals surface area contributed by atoms with Crippen molar-refractivity contribution in [3.05, 3.63) is 125 Å². The number of carbonyl (C=O) groups is 2. The lowest BCUT2D eigenvalue weighted by Crippen LogP contribution is -2.51. The Morgan fingerprint density at radius 2 is 1.40 bits per heavy atom. The molecular formula is C37H39F3N4O4. The van der Waals surface area contributed by atoms with Crippen molar-refractivity contribution in [1.29, 1.82) is 0 Å². The van der Waals surface area contributed by atoms with E-state index in [1.54, 1.807) is 24.3 Å². The average Bonchev–Trinajstić information content (AvgIpc) is 3.12. The number of piperazine rings is 1. The van der Waals surface area contributed by atoms with Crippen LogP contribution in [0.1, 0.15) is 33.1 Å². The second-order valence-electron chi connectivity index (χ2n) is 11.5. The molecule has 1 saturated heterocycles. The van der Waals surface area contributed by atoms with Crippen molar-refractivity contribution in [2.45, 2.75) is 25.1 Å². The molecule has 0 radical (unpaired) electrons. The molecule has 4 aromatic carbocycles. The van der Waals surface area contributed by atoms with Crippen LogP contribution in [-0.2, 0) is 27.0 Å². The topological polar surface area (TPSA) is 83.1 Å². The lowest BCUT2D eigenvalue weighted by Gasteiger charge is -2.40. The van der Waals surface area contributed by atoms with Crippen molar-refractivity contribution in [3.8, 4) is 11.1 Å². The minimum atomic E-state index is -4.43. The number of hydrogen-bond donors (Lipinski definition) is 2. The van der Waals surface area contributed by atoms with E-state index in [0.717, 1.165) is 42.0 Å². The van der Waals surface area contributed by atoms with Crippen LogP contribution in [0, 0.1) is 0 Å². The van der Waals surface area contributed by atoms with Gasteiger partial charge >= 0.3 is 6.18 Å². The van der Waals surface area contributed by atoms with Gasteiger partial charge in [-0.15, -0.1) is 0 Å². The maximum absolute atomic E-state index is 13.4. The van der Waals surface area contributed by atoms with Gasteiger partial charge in [0.05, 0.1) is 12.1 Å². The number of nitrogens with one attached hydrogen (secondary N) is 2. The number of alkyl halides is 3. The smallest absolute Gasteiger partial charge is 0.369 e. The van der Waals surface area contributed by atoms with Crippen molar-refractivity contribution in [2.24, 2.45) is 0 Å². The first-order chi connectivity index (χ1) is 23.2. The number of rotatable bonds is 12. The predicted molar refractivity (Wildman–Crippen MR) is 178 cm³/mol. The molecule has 2 amide bonds. The molecule has 5 rings (SSSR count). The third-order valence-corrected chi connectivity index (χ3v) is 8.46. The fourth-order valence-corrected chi connectivity index (χ4v) is 5.82. The lowest BCUT2D eigenvalue weighted by molar-refractivity contribution is -0.137. The maximum Gasteiger partial charge on any atom is 0.416 e. The van der Waals surface area contributed by atoms with Gasteiger partial charge in [0.2, 0.25) is 5.91 Å². The van der Waals surface area contributed by atoms with Gasteiger partial charge in [-0.3, -0.25) is 14.5 Å². The predicted octanol–water partition coefficient (Wildman–Crippen LogP) is 5.90. The normalized spacial score (nSPS) is 14.5. The van der Waals surface area contributed by atoms with E-state index in [1.165, 1.54) is 26.4 Å². The van der Waals surface area contributed by atoms with E-state index in [4.69, 9.17) is 9.47 Å². The van der Waals surface area contributed by atoms with Gasteiger partial charge in [-0.05, 0) is 52.6 Å². The average molecular weight is 661 g/mol. The zero-order chi connectivity index (χ0) is 34.1. The number of amides is 2. The summed E-state index contributed by atoms with van der Waals surface area (Å²) >= 11 is 0.